The van der Waals surface area contributed by atoms with E-state index in [9.17, 15) is 4.79 Å². The Bertz CT molecular complexity index is 245. The highest BCUT2D eigenvalue weighted by molar-refractivity contribution is 5.76. The summed E-state index contributed by atoms with van der Waals surface area (Å²) < 4.78 is 0. The molecule has 0 saturated carbocycles. The monoisotopic (exact) mass is 238 g/mol. The fourth-order valence-electron chi connectivity index (χ4n) is 1.71. The summed E-state index contributed by atoms with van der Waals surface area (Å²) in [6.07, 6.45) is 9.08. The van der Waals surface area contributed by atoms with Gasteiger partial charge >= 0.3 is 0 Å². The van der Waals surface area contributed by atoms with Crippen molar-refractivity contribution in [3.8, 4) is 6.07 Å². The number of amides is 1. The van der Waals surface area contributed by atoms with E-state index in [2.05, 4.69) is 13.0 Å². The third-order valence-electron chi connectivity index (χ3n) is 3.16. The summed E-state index contributed by atoms with van der Waals surface area (Å²) in [6, 6.07) is 1.76. The Hall–Kier alpha value is -1.04. The van der Waals surface area contributed by atoms with Crippen LogP contribution < -0.4 is 0 Å². The van der Waals surface area contributed by atoms with Gasteiger partial charge in [0.1, 0.15) is 6.04 Å². The minimum atomic E-state index is -0.313. The second kappa shape index (κ2) is 10.1. The topological polar surface area (TPSA) is 44.1 Å². The number of hydrogen-bond acceptors (Lipinski definition) is 2. The maximum atomic E-state index is 11.7. The van der Waals surface area contributed by atoms with Crippen LogP contribution in [-0.4, -0.2) is 23.9 Å². The second-order valence-corrected chi connectivity index (χ2v) is 4.68. The van der Waals surface area contributed by atoms with Gasteiger partial charge < -0.3 is 4.90 Å². The van der Waals surface area contributed by atoms with Gasteiger partial charge in [0.15, 0.2) is 0 Å². The Balaban J connectivity index is 3.49. The molecule has 0 aromatic heterocycles. The summed E-state index contributed by atoms with van der Waals surface area (Å²) in [5.41, 5.74) is 0. The number of unbranched alkanes of at least 4 members (excludes halogenated alkanes) is 6. The van der Waals surface area contributed by atoms with Gasteiger partial charge in [-0.3, -0.25) is 4.79 Å². The lowest BCUT2D eigenvalue weighted by molar-refractivity contribution is -0.130. The van der Waals surface area contributed by atoms with Gasteiger partial charge in [0, 0.05) is 13.5 Å². The predicted octanol–water partition coefficient (Wildman–Crippen LogP) is 3.50. The summed E-state index contributed by atoms with van der Waals surface area (Å²) >= 11 is 0. The Labute approximate surface area is 106 Å². The molecule has 0 heterocycles. The maximum absolute atomic E-state index is 11.7. The van der Waals surface area contributed by atoms with Crippen LogP contribution in [0.25, 0.3) is 0 Å². The molecule has 0 rings (SSSR count). The smallest absolute Gasteiger partial charge is 0.223 e. The van der Waals surface area contributed by atoms with Crippen molar-refractivity contribution in [2.45, 2.75) is 71.3 Å². The third kappa shape index (κ3) is 7.79. The molecule has 3 heteroatoms. The molecule has 17 heavy (non-hydrogen) atoms. The van der Waals surface area contributed by atoms with Crippen LogP contribution in [0.3, 0.4) is 0 Å². The van der Waals surface area contributed by atoms with Crippen molar-refractivity contribution >= 4 is 5.91 Å². The summed E-state index contributed by atoms with van der Waals surface area (Å²) in [7, 11) is 1.71. The molecule has 0 aromatic rings. The summed E-state index contributed by atoms with van der Waals surface area (Å²) in [4.78, 5) is 13.2. The molecule has 1 atom stereocenters. The van der Waals surface area contributed by atoms with Crippen LogP contribution in [0.15, 0.2) is 0 Å². The second-order valence-electron chi connectivity index (χ2n) is 4.68. The van der Waals surface area contributed by atoms with Crippen LogP contribution >= 0.6 is 0 Å². The third-order valence-corrected chi connectivity index (χ3v) is 3.16. The van der Waals surface area contributed by atoms with Crippen LogP contribution in [0.2, 0.25) is 0 Å². The number of carbonyl (C=O) groups excluding carboxylic acids is 1. The Morgan fingerprint density at radius 1 is 1.18 bits per heavy atom. The molecule has 0 spiro atoms. The van der Waals surface area contributed by atoms with Gasteiger partial charge in [-0.15, -0.1) is 0 Å². The molecule has 98 valence electrons. The molecule has 1 unspecified atom stereocenters. The molecule has 0 radical (unpaired) electrons. The number of hydrogen-bond donors (Lipinski definition) is 0. The van der Waals surface area contributed by atoms with Crippen molar-refractivity contribution < 1.29 is 4.79 Å². The molecule has 0 aliphatic heterocycles. The molecule has 0 aliphatic carbocycles. The first-order valence-corrected chi connectivity index (χ1v) is 6.78. The lowest BCUT2D eigenvalue weighted by Crippen LogP contribution is -2.33. The zero-order valence-electron chi connectivity index (χ0n) is 11.5. The summed E-state index contributed by atoms with van der Waals surface area (Å²) in [5.74, 6) is 0.0904. The molecule has 0 aliphatic rings. The van der Waals surface area contributed by atoms with Gasteiger partial charge in [0.2, 0.25) is 5.91 Å². The standard InChI is InChI=1S/C14H26N2O/c1-4-5-6-7-8-9-10-11-14(17)16(3)13(2)12-15/h13H,4-11H2,1-3H3. The van der Waals surface area contributed by atoms with Crippen molar-refractivity contribution in [2.24, 2.45) is 0 Å². The fourth-order valence-corrected chi connectivity index (χ4v) is 1.71. The van der Waals surface area contributed by atoms with E-state index in [-0.39, 0.29) is 11.9 Å². The van der Waals surface area contributed by atoms with Crippen molar-refractivity contribution in [1.82, 2.24) is 4.90 Å². The zero-order valence-corrected chi connectivity index (χ0v) is 11.5. The van der Waals surface area contributed by atoms with E-state index in [1.807, 2.05) is 0 Å². The predicted molar refractivity (Wildman–Crippen MR) is 70.5 cm³/mol. The first-order chi connectivity index (χ1) is 8.13. The van der Waals surface area contributed by atoms with Crippen molar-refractivity contribution in [3.05, 3.63) is 0 Å². The van der Waals surface area contributed by atoms with E-state index in [1.165, 1.54) is 37.0 Å². The van der Waals surface area contributed by atoms with Crippen LogP contribution in [-0.2, 0) is 4.79 Å². The van der Waals surface area contributed by atoms with Crippen molar-refractivity contribution in [3.63, 3.8) is 0 Å². The Kier molecular flexibility index (Phi) is 9.52. The minimum Gasteiger partial charge on any atom is -0.330 e. The van der Waals surface area contributed by atoms with Gasteiger partial charge in [-0.05, 0) is 13.3 Å². The minimum absolute atomic E-state index is 0.0904. The highest BCUT2D eigenvalue weighted by atomic mass is 16.2. The lowest BCUT2D eigenvalue weighted by Gasteiger charge is -2.19. The number of nitrogens with zero attached hydrogens (tertiary/aromatic N) is 2. The molecule has 0 aromatic carbocycles. The van der Waals surface area contributed by atoms with Gasteiger partial charge in [0.05, 0.1) is 6.07 Å². The highest BCUT2D eigenvalue weighted by Crippen LogP contribution is 2.09. The number of rotatable bonds is 9. The average molecular weight is 238 g/mol. The maximum Gasteiger partial charge on any atom is 0.223 e. The first kappa shape index (κ1) is 16.0. The van der Waals surface area contributed by atoms with Gasteiger partial charge in [-0.25, -0.2) is 0 Å². The summed E-state index contributed by atoms with van der Waals surface area (Å²) in [6.45, 7) is 3.97. The SMILES string of the molecule is CCCCCCCCCC(=O)N(C)C(C)C#N. The highest BCUT2D eigenvalue weighted by Gasteiger charge is 2.13. The van der Waals surface area contributed by atoms with Crippen molar-refractivity contribution in [1.29, 1.82) is 5.26 Å². The normalized spacial score (nSPS) is 11.9. The Morgan fingerprint density at radius 2 is 1.71 bits per heavy atom. The molecule has 0 saturated heterocycles. The molecular formula is C14H26N2O. The van der Waals surface area contributed by atoms with E-state index in [0.29, 0.717) is 6.42 Å². The van der Waals surface area contributed by atoms with Crippen LogP contribution in [0.1, 0.15) is 65.2 Å². The molecule has 1 amide bonds. The molecule has 3 nitrogen and oxygen atoms in total. The zero-order chi connectivity index (χ0) is 13.1. The number of nitriles is 1. The molecule has 0 N–H and O–H groups in total. The Morgan fingerprint density at radius 3 is 2.24 bits per heavy atom. The van der Waals surface area contributed by atoms with E-state index in [1.54, 1.807) is 14.0 Å². The quantitative estimate of drug-likeness (QED) is 0.577. The average Bonchev–Trinajstić information content (AvgIpc) is 2.35. The summed E-state index contributed by atoms with van der Waals surface area (Å²) in [5, 5.41) is 8.70. The van der Waals surface area contributed by atoms with Gasteiger partial charge in [-0.2, -0.15) is 5.26 Å². The van der Waals surface area contributed by atoms with Gasteiger partial charge in [0.25, 0.3) is 0 Å². The first-order valence-electron chi connectivity index (χ1n) is 6.78. The molecule has 0 fully saturated rings. The molecular weight excluding hydrogens is 212 g/mol. The largest absolute Gasteiger partial charge is 0.330 e. The van der Waals surface area contributed by atoms with Crippen LogP contribution in [0.5, 0.6) is 0 Å². The van der Waals surface area contributed by atoms with E-state index in [0.717, 1.165) is 12.8 Å². The van der Waals surface area contributed by atoms with Crippen LogP contribution in [0, 0.1) is 11.3 Å². The van der Waals surface area contributed by atoms with Gasteiger partial charge in [-0.1, -0.05) is 45.4 Å². The van der Waals surface area contributed by atoms with E-state index < -0.39 is 0 Å². The van der Waals surface area contributed by atoms with E-state index >= 15 is 0 Å². The lowest BCUT2D eigenvalue weighted by atomic mass is 10.1. The van der Waals surface area contributed by atoms with Crippen LogP contribution in [0.4, 0.5) is 0 Å². The molecule has 0 bridgehead atoms. The number of carbonyl (C=O) groups is 1. The van der Waals surface area contributed by atoms with E-state index in [4.69, 9.17) is 5.26 Å². The van der Waals surface area contributed by atoms with Crippen molar-refractivity contribution in [2.75, 3.05) is 7.05 Å². The fraction of sp³-hybridized carbons (Fsp3) is 0.857.